The van der Waals surface area contributed by atoms with Gasteiger partial charge in [0.15, 0.2) is 0 Å². The van der Waals surface area contributed by atoms with Gasteiger partial charge in [0, 0.05) is 0 Å². The summed E-state index contributed by atoms with van der Waals surface area (Å²) in [5, 5.41) is 13.1. The monoisotopic (exact) mass is 190 g/mol. The third kappa shape index (κ3) is 1.05. The van der Waals surface area contributed by atoms with E-state index in [2.05, 4.69) is 11.4 Å². The maximum atomic E-state index is 9.60. The van der Waals surface area contributed by atoms with Gasteiger partial charge in [-0.15, -0.1) is 11.3 Å². The Morgan fingerprint density at radius 3 is 2.92 bits per heavy atom. The quantitative estimate of drug-likeness (QED) is 0.729. The molecule has 1 saturated carbocycles. The van der Waals surface area contributed by atoms with E-state index in [9.17, 15) is 5.11 Å². The molecule has 66 valence electrons. The Labute approximate surface area is 80.6 Å². The van der Waals surface area contributed by atoms with Gasteiger partial charge < -0.3 is 5.11 Å². The van der Waals surface area contributed by atoms with Crippen LogP contribution < -0.4 is 0 Å². The van der Waals surface area contributed by atoms with Crippen molar-refractivity contribution in [1.29, 1.82) is 0 Å². The number of phenolic OH excluding ortho intramolecular Hbond substituents is 1. The van der Waals surface area contributed by atoms with Crippen molar-refractivity contribution in [1.82, 2.24) is 0 Å². The van der Waals surface area contributed by atoms with Crippen molar-refractivity contribution in [3.8, 4) is 5.75 Å². The Hall–Kier alpha value is -1.02. The highest BCUT2D eigenvalue weighted by molar-refractivity contribution is 7.17. The van der Waals surface area contributed by atoms with Crippen molar-refractivity contribution in [2.45, 2.75) is 18.8 Å². The van der Waals surface area contributed by atoms with Crippen LogP contribution in [0.1, 0.15) is 24.3 Å². The van der Waals surface area contributed by atoms with Gasteiger partial charge in [-0.1, -0.05) is 12.1 Å². The highest BCUT2D eigenvalue weighted by atomic mass is 32.1. The first-order valence-electron chi connectivity index (χ1n) is 4.55. The van der Waals surface area contributed by atoms with Gasteiger partial charge in [-0.2, -0.15) is 0 Å². The van der Waals surface area contributed by atoms with Crippen LogP contribution in [0.25, 0.3) is 10.1 Å². The molecule has 1 aromatic carbocycles. The zero-order valence-corrected chi connectivity index (χ0v) is 7.97. The summed E-state index contributed by atoms with van der Waals surface area (Å²) < 4.78 is 1.05. The smallest absolute Gasteiger partial charge is 0.133 e. The molecule has 1 aliphatic carbocycles. The molecule has 1 aliphatic rings. The molecule has 3 rings (SSSR count). The van der Waals surface area contributed by atoms with E-state index in [1.54, 1.807) is 17.4 Å². The molecule has 0 atom stereocenters. The summed E-state index contributed by atoms with van der Waals surface area (Å²) in [4.78, 5) is 0. The molecule has 0 bridgehead atoms. The van der Waals surface area contributed by atoms with E-state index >= 15 is 0 Å². The van der Waals surface area contributed by atoms with Crippen LogP contribution in [0.2, 0.25) is 0 Å². The van der Waals surface area contributed by atoms with Crippen LogP contribution in [-0.4, -0.2) is 5.11 Å². The standard InChI is InChI=1S/C11H10OS/c12-10-3-1-2-8-9(7-4-5-7)6-13-11(8)10/h1-3,6-7,12H,4-5H2. The molecule has 1 aromatic heterocycles. The first-order chi connectivity index (χ1) is 6.36. The Bertz CT molecular complexity index is 454. The molecule has 0 unspecified atom stereocenters. The Morgan fingerprint density at radius 2 is 2.15 bits per heavy atom. The second kappa shape index (κ2) is 2.48. The minimum Gasteiger partial charge on any atom is -0.506 e. The first kappa shape index (κ1) is 7.39. The van der Waals surface area contributed by atoms with Gasteiger partial charge in [-0.3, -0.25) is 0 Å². The molecule has 0 spiro atoms. The maximum absolute atomic E-state index is 9.60. The summed E-state index contributed by atoms with van der Waals surface area (Å²) in [6.07, 6.45) is 2.64. The number of rotatable bonds is 1. The zero-order valence-electron chi connectivity index (χ0n) is 7.16. The lowest BCUT2D eigenvalue weighted by molar-refractivity contribution is 0.482. The number of hydrogen-bond acceptors (Lipinski definition) is 2. The van der Waals surface area contributed by atoms with E-state index in [0.29, 0.717) is 5.75 Å². The van der Waals surface area contributed by atoms with Crippen LogP contribution in [0.4, 0.5) is 0 Å². The predicted molar refractivity (Wildman–Crippen MR) is 55.5 cm³/mol. The summed E-state index contributed by atoms with van der Waals surface area (Å²) in [7, 11) is 0. The largest absolute Gasteiger partial charge is 0.506 e. The molecule has 2 heteroatoms. The van der Waals surface area contributed by atoms with Crippen molar-refractivity contribution in [2.75, 3.05) is 0 Å². The fraction of sp³-hybridized carbons (Fsp3) is 0.273. The molecule has 1 N–H and O–H groups in total. The Balaban J connectivity index is 2.32. The van der Waals surface area contributed by atoms with Crippen LogP contribution in [0, 0.1) is 0 Å². The van der Waals surface area contributed by atoms with Gasteiger partial charge in [-0.05, 0) is 41.2 Å². The fourth-order valence-electron chi connectivity index (χ4n) is 1.77. The lowest BCUT2D eigenvalue weighted by Crippen LogP contribution is -1.73. The fourth-order valence-corrected chi connectivity index (χ4v) is 2.84. The third-order valence-electron chi connectivity index (χ3n) is 2.63. The number of benzene rings is 1. The van der Waals surface area contributed by atoms with Crippen molar-refractivity contribution in [3.63, 3.8) is 0 Å². The average molecular weight is 190 g/mol. The van der Waals surface area contributed by atoms with Crippen LogP contribution >= 0.6 is 11.3 Å². The van der Waals surface area contributed by atoms with Gasteiger partial charge in [0.1, 0.15) is 5.75 Å². The Kier molecular flexibility index (Phi) is 1.41. The molecule has 0 aliphatic heterocycles. The van der Waals surface area contributed by atoms with E-state index in [-0.39, 0.29) is 0 Å². The number of thiophene rings is 1. The maximum Gasteiger partial charge on any atom is 0.133 e. The molecule has 0 amide bonds. The van der Waals surface area contributed by atoms with Gasteiger partial charge in [0.2, 0.25) is 0 Å². The van der Waals surface area contributed by atoms with Crippen molar-refractivity contribution in [2.24, 2.45) is 0 Å². The van der Waals surface area contributed by atoms with E-state index in [0.717, 1.165) is 10.6 Å². The van der Waals surface area contributed by atoms with E-state index in [1.807, 2.05) is 6.07 Å². The van der Waals surface area contributed by atoms with Crippen LogP contribution in [-0.2, 0) is 0 Å². The van der Waals surface area contributed by atoms with Crippen molar-refractivity contribution in [3.05, 3.63) is 29.1 Å². The summed E-state index contributed by atoms with van der Waals surface area (Å²) in [5.41, 5.74) is 1.44. The molecule has 2 aromatic rings. The second-order valence-corrected chi connectivity index (χ2v) is 4.50. The molecule has 0 radical (unpaired) electrons. The average Bonchev–Trinajstić information content (AvgIpc) is 2.87. The summed E-state index contributed by atoms with van der Waals surface area (Å²) in [6.45, 7) is 0. The lowest BCUT2D eigenvalue weighted by Gasteiger charge is -1.96. The first-order valence-corrected chi connectivity index (χ1v) is 5.43. The van der Waals surface area contributed by atoms with Crippen molar-refractivity contribution < 1.29 is 5.11 Å². The minimum absolute atomic E-state index is 0.425. The SMILES string of the molecule is Oc1cccc2c(C3CC3)csc12. The van der Waals surface area contributed by atoms with Crippen LogP contribution in [0.5, 0.6) is 5.75 Å². The molecular weight excluding hydrogens is 180 g/mol. The highest BCUT2D eigenvalue weighted by Crippen LogP contribution is 2.46. The molecule has 0 saturated heterocycles. The second-order valence-electron chi connectivity index (χ2n) is 3.62. The predicted octanol–water partition coefficient (Wildman–Crippen LogP) is 3.48. The molecular formula is C11H10OS. The van der Waals surface area contributed by atoms with Gasteiger partial charge >= 0.3 is 0 Å². The number of aromatic hydroxyl groups is 1. The minimum atomic E-state index is 0.425. The van der Waals surface area contributed by atoms with E-state index in [4.69, 9.17) is 0 Å². The van der Waals surface area contributed by atoms with Gasteiger partial charge in [0.25, 0.3) is 0 Å². The summed E-state index contributed by atoms with van der Waals surface area (Å²) >= 11 is 1.66. The third-order valence-corrected chi connectivity index (χ3v) is 3.66. The number of hydrogen-bond donors (Lipinski definition) is 1. The summed E-state index contributed by atoms with van der Waals surface area (Å²) in [6, 6.07) is 5.80. The Morgan fingerprint density at radius 1 is 1.31 bits per heavy atom. The normalized spacial score (nSPS) is 16.6. The summed E-state index contributed by atoms with van der Waals surface area (Å²) in [5.74, 6) is 1.20. The topological polar surface area (TPSA) is 20.2 Å². The molecule has 13 heavy (non-hydrogen) atoms. The number of phenols is 1. The van der Waals surface area contributed by atoms with Crippen molar-refractivity contribution >= 4 is 21.4 Å². The molecule has 1 nitrogen and oxygen atoms in total. The van der Waals surface area contributed by atoms with E-state index < -0.39 is 0 Å². The van der Waals surface area contributed by atoms with Crippen LogP contribution in [0.3, 0.4) is 0 Å². The zero-order chi connectivity index (χ0) is 8.84. The number of fused-ring (bicyclic) bond motifs is 1. The van der Waals surface area contributed by atoms with E-state index in [1.165, 1.54) is 23.8 Å². The molecule has 1 heterocycles. The highest BCUT2D eigenvalue weighted by Gasteiger charge is 2.26. The van der Waals surface area contributed by atoms with Crippen LogP contribution in [0.15, 0.2) is 23.6 Å². The lowest BCUT2D eigenvalue weighted by atomic mass is 10.1. The van der Waals surface area contributed by atoms with Gasteiger partial charge in [-0.25, -0.2) is 0 Å². The van der Waals surface area contributed by atoms with Gasteiger partial charge in [0.05, 0.1) is 4.70 Å². The molecule has 1 fully saturated rings.